The van der Waals surface area contributed by atoms with Crippen LogP contribution in [0.1, 0.15) is 18.4 Å². The fraction of sp³-hybridized carbons (Fsp3) is 0.417. The lowest BCUT2D eigenvalue weighted by molar-refractivity contribution is 0.131. The lowest BCUT2D eigenvalue weighted by Crippen LogP contribution is -1.89. The fourth-order valence-electron chi connectivity index (χ4n) is 1.15. The van der Waals surface area contributed by atoms with Gasteiger partial charge < -0.3 is 9.57 Å². The maximum Gasteiger partial charge on any atom is 0.142 e. The largest absolute Gasteiger partial charge is 0.497 e. The van der Waals surface area contributed by atoms with Gasteiger partial charge in [-0.1, -0.05) is 17.3 Å². The van der Waals surface area contributed by atoms with Gasteiger partial charge in [0.2, 0.25) is 0 Å². The summed E-state index contributed by atoms with van der Waals surface area (Å²) in [5.74, 6) is 1.40. The Labute approximate surface area is 89.7 Å². The molecule has 0 aliphatic heterocycles. The third-order valence-electron chi connectivity index (χ3n) is 2.27. The first-order valence-electron chi connectivity index (χ1n) is 5.09. The van der Waals surface area contributed by atoms with Crippen LogP contribution in [-0.4, -0.2) is 13.3 Å². The molecule has 0 unspecified atom stereocenters. The smallest absolute Gasteiger partial charge is 0.142 e. The highest BCUT2D eigenvalue weighted by Gasteiger charge is 2.19. The highest BCUT2D eigenvalue weighted by atomic mass is 16.6. The first-order chi connectivity index (χ1) is 7.38. The second-order valence-electron chi connectivity index (χ2n) is 3.62. The first kappa shape index (κ1) is 10.0. The molecule has 1 aromatic rings. The van der Waals surface area contributed by atoms with Gasteiger partial charge in [0.15, 0.2) is 0 Å². The summed E-state index contributed by atoms with van der Waals surface area (Å²) in [4.78, 5) is 5.12. The fourth-order valence-corrected chi connectivity index (χ4v) is 1.15. The van der Waals surface area contributed by atoms with Gasteiger partial charge in [-0.3, -0.25) is 0 Å². The van der Waals surface area contributed by atoms with E-state index in [-0.39, 0.29) is 0 Å². The molecule has 0 N–H and O–H groups in total. The standard InChI is InChI=1S/C12H14NO2/c1-14-12-6-4-11(5-7-12)9-15-13-8-10-2-3-10/h4-7,10H,2-3,9H2,1H3. The van der Waals surface area contributed by atoms with Crippen LogP contribution in [0.25, 0.3) is 0 Å². The Bertz CT molecular complexity index is 328. The van der Waals surface area contributed by atoms with Gasteiger partial charge in [0, 0.05) is 5.92 Å². The molecule has 0 spiro atoms. The SMILES string of the molecule is COc1ccc(CO/N=[C]\C2CC2)cc1. The van der Waals surface area contributed by atoms with Crippen LogP contribution in [0, 0.1) is 5.92 Å². The predicted octanol–water partition coefficient (Wildman–Crippen LogP) is 2.48. The Kier molecular flexibility index (Phi) is 3.22. The Hall–Kier alpha value is -1.51. The average molecular weight is 204 g/mol. The van der Waals surface area contributed by atoms with Crippen LogP contribution in [0.5, 0.6) is 5.75 Å². The molecule has 0 atom stereocenters. The number of benzene rings is 1. The second kappa shape index (κ2) is 4.82. The summed E-state index contributed by atoms with van der Waals surface area (Å²) in [5, 5.41) is 3.79. The van der Waals surface area contributed by atoms with E-state index in [2.05, 4.69) is 11.4 Å². The van der Waals surface area contributed by atoms with E-state index >= 15 is 0 Å². The van der Waals surface area contributed by atoms with Gasteiger partial charge in [0.1, 0.15) is 18.6 Å². The number of rotatable bonds is 5. The second-order valence-corrected chi connectivity index (χ2v) is 3.62. The van der Waals surface area contributed by atoms with E-state index in [0.29, 0.717) is 12.5 Å². The van der Waals surface area contributed by atoms with Crippen molar-refractivity contribution in [2.45, 2.75) is 19.4 Å². The molecule has 0 heterocycles. The van der Waals surface area contributed by atoms with Crippen molar-refractivity contribution in [3.05, 3.63) is 29.8 Å². The monoisotopic (exact) mass is 204 g/mol. The van der Waals surface area contributed by atoms with E-state index in [9.17, 15) is 0 Å². The molecule has 0 aromatic heterocycles. The average Bonchev–Trinajstić information content (AvgIpc) is 3.09. The highest BCUT2D eigenvalue weighted by molar-refractivity contribution is 5.62. The topological polar surface area (TPSA) is 30.8 Å². The molecule has 0 saturated heterocycles. The normalized spacial score (nSPS) is 15.5. The summed E-state index contributed by atoms with van der Waals surface area (Å²) in [6.45, 7) is 0.490. The van der Waals surface area contributed by atoms with E-state index in [4.69, 9.17) is 9.57 Å². The van der Waals surface area contributed by atoms with E-state index in [1.54, 1.807) is 7.11 Å². The molecule has 0 amide bonds. The van der Waals surface area contributed by atoms with E-state index in [1.165, 1.54) is 12.8 Å². The summed E-state index contributed by atoms with van der Waals surface area (Å²) in [7, 11) is 1.65. The number of nitrogens with zero attached hydrogens (tertiary/aromatic N) is 1. The van der Waals surface area contributed by atoms with Crippen LogP contribution in [0.15, 0.2) is 29.4 Å². The summed E-state index contributed by atoms with van der Waals surface area (Å²) < 4.78 is 5.06. The minimum atomic E-state index is 0.490. The lowest BCUT2D eigenvalue weighted by Gasteiger charge is -2.01. The van der Waals surface area contributed by atoms with Crippen molar-refractivity contribution in [2.24, 2.45) is 11.1 Å². The molecule has 3 nitrogen and oxygen atoms in total. The summed E-state index contributed by atoms with van der Waals surface area (Å²) in [5.41, 5.74) is 1.08. The molecule has 1 radical (unpaired) electrons. The van der Waals surface area contributed by atoms with E-state index in [1.807, 2.05) is 24.3 Å². The van der Waals surface area contributed by atoms with Gasteiger partial charge in [0.25, 0.3) is 0 Å². The third-order valence-corrected chi connectivity index (χ3v) is 2.27. The van der Waals surface area contributed by atoms with Gasteiger partial charge in [0.05, 0.1) is 7.11 Å². The molecule has 0 bridgehead atoms. The van der Waals surface area contributed by atoms with Crippen LogP contribution in [0.4, 0.5) is 0 Å². The van der Waals surface area contributed by atoms with Gasteiger partial charge in [-0.15, -0.1) is 0 Å². The van der Waals surface area contributed by atoms with Gasteiger partial charge in [-0.25, -0.2) is 0 Å². The molecule has 1 aliphatic rings. The molecule has 2 rings (SSSR count). The Morgan fingerprint density at radius 3 is 2.67 bits per heavy atom. The molecule has 1 fully saturated rings. The Morgan fingerprint density at radius 2 is 2.07 bits per heavy atom. The van der Waals surface area contributed by atoms with E-state index in [0.717, 1.165) is 11.3 Å². The minimum absolute atomic E-state index is 0.490. The molecular formula is C12H14NO2. The molecule has 15 heavy (non-hydrogen) atoms. The zero-order valence-corrected chi connectivity index (χ0v) is 8.77. The predicted molar refractivity (Wildman–Crippen MR) is 57.9 cm³/mol. The third kappa shape index (κ3) is 3.27. The van der Waals surface area contributed by atoms with Crippen LogP contribution in [0.2, 0.25) is 0 Å². The van der Waals surface area contributed by atoms with Crippen LogP contribution in [-0.2, 0) is 11.4 Å². The zero-order valence-electron chi connectivity index (χ0n) is 8.77. The minimum Gasteiger partial charge on any atom is -0.497 e. The number of ether oxygens (including phenoxy) is 1. The molecule has 3 heteroatoms. The molecule has 1 aliphatic carbocycles. The van der Waals surface area contributed by atoms with Crippen LogP contribution >= 0.6 is 0 Å². The number of hydrogen-bond acceptors (Lipinski definition) is 3. The first-order valence-corrected chi connectivity index (χ1v) is 5.09. The Balaban J connectivity index is 1.77. The molecule has 1 saturated carbocycles. The van der Waals surface area contributed by atoms with Gasteiger partial charge >= 0.3 is 0 Å². The van der Waals surface area contributed by atoms with Crippen molar-refractivity contribution >= 4 is 6.21 Å². The van der Waals surface area contributed by atoms with Crippen molar-refractivity contribution < 1.29 is 9.57 Å². The van der Waals surface area contributed by atoms with Crippen LogP contribution in [0.3, 0.4) is 0 Å². The maximum absolute atomic E-state index is 5.12. The lowest BCUT2D eigenvalue weighted by atomic mass is 10.2. The van der Waals surface area contributed by atoms with Gasteiger partial charge in [-0.05, 0) is 30.5 Å². The van der Waals surface area contributed by atoms with Crippen molar-refractivity contribution in [1.82, 2.24) is 0 Å². The summed E-state index contributed by atoms with van der Waals surface area (Å²) in [6, 6.07) is 7.75. The number of hydrogen-bond donors (Lipinski definition) is 0. The van der Waals surface area contributed by atoms with E-state index < -0.39 is 0 Å². The maximum atomic E-state index is 5.12. The van der Waals surface area contributed by atoms with Crippen LogP contribution < -0.4 is 4.74 Å². The zero-order chi connectivity index (χ0) is 10.5. The quantitative estimate of drug-likeness (QED) is 0.545. The molecule has 79 valence electrons. The number of methoxy groups -OCH3 is 1. The summed E-state index contributed by atoms with van der Waals surface area (Å²) >= 11 is 0. The highest BCUT2D eigenvalue weighted by Crippen LogP contribution is 2.26. The van der Waals surface area contributed by atoms with Crippen molar-refractivity contribution in [3.8, 4) is 5.75 Å². The summed E-state index contributed by atoms with van der Waals surface area (Å²) in [6.07, 6.45) is 5.34. The molecule has 1 aromatic carbocycles. The van der Waals surface area contributed by atoms with Crippen molar-refractivity contribution in [3.63, 3.8) is 0 Å². The Morgan fingerprint density at radius 1 is 1.33 bits per heavy atom. The van der Waals surface area contributed by atoms with Crippen molar-refractivity contribution in [1.29, 1.82) is 0 Å². The molecular weight excluding hydrogens is 190 g/mol. The van der Waals surface area contributed by atoms with Gasteiger partial charge in [-0.2, -0.15) is 0 Å². The van der Waals surface area contributed by atoms with Crippen molar-refractivity contribution in [2.75, 3.05) is 7.11 Å².